The average molecular weight is 353 g/mol. The summed E-state index contributed by atoms with van der Waals surface area (Å²) in [5, 5.41) is 3.04. The van der Waals surface area contributed by atoms with Crippen LogP contribution in [0.15, 0.2) is 0 Å². The number of nitrogens with zero attached hydrogens (tertiary/aromatic N) is 1. The maximum Gasteiger partial charge on any atom is 0.227 e. The molecule has 1 aliphatic carbocycles. The highest BCUT2D eigenvalue weighted by Gasteiger charge is 2.32. The number of piperidine rings is 1. The normalized spacial score (nSPS) is 20.5. The van der Waals surface area contributed by atoms with Gasteiger partial charge in [0.1, 0.15) is 0 Å². The van der Waals surface area contributed by atoms with E-state index in [1.165, 1.54) is 32.1 Å². The van der Waals surface area contributed by atoms with Crippen LogP contribution in [0.1, 0.15) is 72.1 Å². The fourth-order valence-corrected chi connectivity index (χ4v) is 3.73. The highest BCUT2D eigenvalue weighted by molar-refractivity contribution is 5.82. The first-order valence-electron chi connectivity index (χ1n) is 10.1. The van der Waals surface area contributed by atoms with E-state index in [1.54, 1.807) is 0 Å². The van der Waals surface area contributed by atoms with Gasteiger partial charge in [0.15, 0.2) is 0 Å². The summed E-state index contributed by atoms with van der Waals surface area (Å²) in [6, 6.07) is 0. The number of hydrogen-bond donors (Lipinski definition) is 1. The van der Waals surface area contributed by atoms with E-state index in [0.29, 0.717) is 25.7 Å². The van der Waals surface area contributed by atoms with E-state index in [1.807, 2.05) is 25.7 Å². The highest BCUT2D eigenvalue weighted by Crippen LogP contribution is 2.23. The van der Waals surface area contributed by atoms with Crippen molar-refractivity contribution in [3.05, 3.63) is 0 Å². The molecule has 0 unspecified atom stereocenters. The third-order valence-electron chi connectivity index (χ3n) is 5.32. The summed E-state index contributed by atoms with van der Waals surface area (Å²) in [6.07, 6.45) is 9.17. The van der Waals surface area contributed by atoms with Crippen LogP contribution >= 0.6 is 0 Å². The first-order chi connectivity index (χ1) is 11.9. The lowest BCUT2D eigenvalue weighted by atomic mass is 9.90. The number of nitrogens with one attached hydrogen (secondary N) is 1. The predicted octanol–water partition coefficient (Wildman–Crippen LogP) is 3.13. The van der Waals surface area contributed by atoms with Gasteiger partial charge >= 0.3 is 0 Å². The van der Waals surface area contributed by atoms with Crippen LogP contribution in [0.5, 0.6) is 0 Å². The van der Waals surface area contributed by atoms with Gasteiger partial charge in [0.25, 0.3) is 0 Å². The van der Waals surface area contributed by atoms with E-state index in [-0.39, 0.29) is 23.1 Å². The van der Waals surface area contributed by atoms with Crippen molar-refractivity contribution in [3.63, 3.8) is 0 Å². The Labute approximate surface area is 152 Å². The molecule has 2 amide bonds. The Morgan fingerprint density at radius 2 is 1.68 bits per heavy atom. The maximum atomic E-state index is 12.3. The van der Waals surface area contributed by atoms with Gasteiger partial charge in [-0.2, -0.15) is 0 Å². The predicted molar refractivity (Wildman–Crippen MR) is 99.2 cm³/mol. The first-order valence-corrected chi connectivity index (χ1v) is 10.1. The van der Waals surface area contributed by atoms with Crippen LogP contribution in [-0.4, -0.2) is 49.1 Å². The molecule has 2 aliphatic rings. The minimum Gasteiger partial charge on any atom is -0.378 e. The van der Waals surface area contributed by atoms with Crippen molar-refractivity contribution in [1.29, 1.82) is 0 Å². The lowest BCUT2D eigenvalue weighted by Crippen LogP contribution is -2.46. The van der Waals surface area contributed by atoms with E-state index in [0.717, 1.165) is 25.9 Å². The molecule has 1 saturated carbocycles. The fraction of sp³-hybridized carbons (Fsp3) is 0.900. The van der Waals surface area contributed by atoms with Gasteiger partial charge in [0, 0.05) is 37.6 Å². The molecule has 1 N–H and O–H groups in total. The highest BCUT2D eigenvalue weighted by atomic mass is 16.5. The number of carbonyl (C=O) groups is 2. The van der Waals surface area contributed by atoms with Crippen LogP contribution in [-0.2, 0) is 14.3 Å². The van der Waals surface area contributed by atoms with E-state index < -0.39 is 0 Å². The topological polar surface area (TPSA) is 58.6 Å². The number of amides is 2. The molecule has 144 valence electrons. The van der Waals surface area contributed by atoms with Crippen LogP contribution in [0.4, 0.5) is 0 Å². The molecule has 25 heavy (non-hydrogen) atoms. The Morgan fingerprint density at radius 1 is 1.04 bits per heavy atom. The molecule has 0 aromatic heterocycles. The minimum atomic E-state index is -0.340. The molecule has 5 heteroatoms. The van der Waals surface area contributed by atoms with Gasteiger partial charge in [-0.3, -0.25) is 9.59 Å². The van der Waals surface area contributed by atoms with Crippen molar-refractivity contribution in [1.82, 2.24) is 10.2 Å². The Balaban J connectivity index is 1.57. The zero-order valence-electron chi connectivity index (χ0n) is 16.3. The SMILES string of the molecule is CC(C)(C)C(=O)N1CCC(C(=O)NCCCOC2CCCCC2)CC1. The molecule has 1 saturated heterocycles. The standard InChI is InChI=1S/C20H36N2O3/c1-20(2,3)19(24)22-13-10-16(11-14-22)18(23)21-12-7-15-25-17-8-5-4-6-9-17/h16-17H,4-15H2,1-3H3,(H,21,23). The maximum absolute atomic E-state index is 12.3. The number of likely N-dealkylation sites (tertiary alicyclic amines) is 1. The monoisotopic (exact) mass is 352 g/mol. The van der Waals surface area contributed by atoms with Crippen molar-refractivity contribution >= 4 is 11.8 Å². The molecule has 0 spiro atoms. The van der Waals surface area contributed by atoms with Gasteiger partial charge in [-0.05, 0) is 32.1 Å². The zero-order chi connectivity index (χ0) is 18.3. The zero-order valence-corrected chi connectivity index (χ0v) is 16.3. The summed E-state index contributed by atoms with van der Waals surface area (Å²) < 4.78 is 5.89. The summed E-state index contributed by atoms with van der Waals surface area (Å²) in [6.45, 7) is 8.66. The third-order valence-corrected chi connectivity index (χ3v) is 5.32. The molecule has 1 heterocycles. The summed E-state index contributed by atoms with van der Waals surface area (Å²) in [5.41, 5.74) is -0.340. The molecule has 1 aliphatic heterocycles. The lowest BCUT2D eigenvalue weighted by molar-refractivity contribution is -0.142. The van der Waals surface area contributed by atoms with E-state index >= 15 is 0 Å². The first kappa shape index (κ1) is 20.2. The Hall–Kier alpha value is -1.10. The number of hydrogen-bond acceptors (Lipinski definition) is 3. The van der Waals surface area contributed by atoms with Gasteiger partial charge in [-0.1, -0.05) is 40.0 Å². The molecular weight excluding hydrogens is 316 g/mol. The van der Waals surface area contributed by atoms with Crippen molar-refractivity contribution in [3.8, 4) is 0 Å². The van der Waals surface area contributed by atoms with Gasteiger partial charge in [-0.15, -0.1) is 0 Å². The molecule has 0 aromatic rings. The Morgan fingerprint density at radius 3 is 2.28 bits per heavy atom. The summed E-state index contributed by atoms with van der Waals surface area (Å²) in [7, 11) is 0. The summed E-state index contributed by atoms with van der Waals surface area (Å²) in [5.74, 6) is 0.370. The van der Waals surface area contributed by atoms with Gasteiger partial charge in [0.2, 0.25) is 11.8 Å². The quantitative estimate of drug-likeness (QED) is 0.747. The number of carbonyl (C=O) groups excluding carboxylic acids is 2. The van der Waals surface area contributed by atoms with Crippen molar-refractivity contribution in [2.75, 3.05) is 26.2 Å². The minimum absolute atomic E-state index is 0.0447. The second kappa shape index (κ2) is 9.56. The molecular formula is C20H36N2O3. The van der Waals surface area contributed by atoms with Crippen LogP contribution in [0.3, 0.4) is 0 Å². The lowest BCUT2D eigenvalue weighted by Gasteiger charge is -2.35. The average Bonchev–Trinajstić information content (AvgIpc) is 2.61. The molecule has 0 radical (unpaired) electrons. The molecule has 0 atom stereocenters. The molecule has 0 aromatic carbocycles. The van der Waals surface area contributed by atoms with E-state index in [9.17, 15) is 9.59 Å². The summed E-state index contributed by atoms with van der Waals surface area (Å²) in [4.78, 5) is 26.5. The molecule has 2 fully saturated rings. The Kier molecular flexibility index (Phi) is 7.73. The fourth-order valence-electron chi connectivity index (χ4n) is 3.73. The largest absolute Gasteiger partial charge is 0.378 e. The summed E-state index contributed by atoms with van der Waals surface area (Å²) >= 11 is 0. The van der Waals surface area contributed by atoms with Crippen LogP contribution in [0.2, 0.25) is 0 Å². The second-order valence-corrected chi connectivity index (χ2v) is 8.59. The van der Waals surface area contributed by atoms with E-state index in [4.69, 9.17) is 4.74 Å². The van der Waals surface area contributed by atoms with Crippen LogP contribution in [0.25, 0.3) is 0 Å². The van der Waals surface area contributed by atoms with Crippen LogP contribution < -0.4 is 5.32 Å². The van der Waals surface area contributed by atoms with Gasteiger partial charge in [0.05, 0.1) is 6.10 Å². The Bertz CT molecular complexity index is 431. The van der Waals surface area contributed by atoms with Crippen LogP contribution in [0, 0.1) is 11.3 Å². The van der Waals surface area contributed by atoms with Crippen molar-refractivity contribution in [2.45, 2.75) is 78.2 Å². The van der Waals surface area contributed by atoms with Gasteiger partial charge in [-0.25, -0.2) is 0 Å². The van der Waals surface area contributed by atoms with Crippen molar-refractivity contribution < 1.29 is 14.3 Å². The van der Waals surface area contributed by atoms with Crippen molar-refractivity contribution in [2.24, 2.45) is 11.3 Å². The van der Waals surface area contributed by atoms with Gasteiger partial charge < -0.3 is 15.0 Å². The molecule has 5 nitrogen and oxygen atoms in total. The third kappa shape index (κ3) is 6.61. The smallest absolute Gasteiger partial charge is 0.227 e. The second-order valence-electron chi connectivity index (χ2n) is 8.59. The number of rotatable bonds is 6. The molecule has 0 bridgehead atoms. The molecule has 2 rings (SSSR count). The number of ether oxygens (including phenoxy) is 1. The van der Waals surface area contributed by atoms with E-state index in [2.05, 4.69) is 5.32 Å².